The van der Waals surface area contributed by atoms with Crippen LogP contribution in [0.3, 0.4) is 0 Å². The van der Waals surface area contributed by atoms with Gasteiger partial charge in [-0.15, -0.1) is 0 Å². The van der Waals surface area contributed by atoms with Crippen LogP contribution in [0.15, 0.2) is 47.4 Å². The van der Waals surface area contributed by atoms with Crippen molar-refractivity contribution >= 4 is 79.9 Å². The van der Waals surface area contributed by atoms with Crippen molar-refractivity contribution in [1.29, 1.82) is 0 Å². The van der Waals surface area contributed by atoms with E-state index < -0.39 is 0 Å². The van der Waals surface area contributed by atoms with Gasteiger partial charge in [0.1, 0.15) is 5.75 Å². The van der Waals surface area contributed by atoms with Gasteiger partial charge in [0.25, 0.3) is 11.1 Å². The van der Waals surface area contributed by atoms with Gasteiger partial charge in [-0.2, -0.15) is 0 Å². The summed E-state index contributed by atoms with van der Waals surface area (Å²) >= 11 is 5.39. The summed E-state index contributed by atoms with van der Waals surface area (Å²) in [5.74, 6) is 0.554. The van der Waals surface area contributed by atoms with Crippen LogP contribution in [0.1, 0.15) is 12.5 Å². The highest BCUT2D eigenvalue weighted by atomic mass is 127. The Morgan fingerprint density at radius 3 is 2.36 bits per heavy atom. The van der Waals surface area contributed by atoms with E-state index in [4.69, 9.17) is 4.74 Å². The van der Waals surface area contributed by atoms with Crippen molar-refractivity contribution in [3.8, 4) is 5.75 Å². The van der Waals surface area contributed by atoms with E-state index in [1.165, 1.54) is 4.90 Å². The van der Waals surface area contributed by atoms with Crippen LogP contribution in [-0.4, -0.2) is 17.8 Å². The van der Waals surface area contributed by atoms with Gasteiger partial charge in [-0.3, -0.25) is 9.59 Å². The minimum Gasteiger partial charge on any atom is -0.492 e. The molecular formula is C18H13I2NO3S. The summed E-state index contributed by atoms with van der Waals surface area (Å²) in [6.45, 7) is 2.54. The van der Waals surface area contributed by atoms with Gasteiger partial charge >= 0.3 is 0 Å². The Kier molecular flexibility index (Phi) is 6.05. The van der Waals surface area contributed by atoms with Crippen LogP contribution in [0.5, 0.6) is 5.75 Å². The molecule has 2 aromatic rings. The summed E-state index contributed by atoms with van der Waals surface area (Å²) < 4.78 is 7.58. The van der Waals surface area contributed by atoms with Gasteiger partial charge in [-0.05, 0) is 99.8 Å². The van der Waals surface area contributed by atoms with Crippen molar-refractivity contribution in [2.45, 2.75) is 6.92 Å². The zero-order chi connectivity index (χ0) is 18.0. The van der Waals surface area contributed by atoms with Crippen molar-refractivity contribution in [1.82, 2.24) is 0 Å². The fraction of sp³-hybridized carbons (Fsp3) is 0.111. The van der Waals surface area contributed by atoms with E-state index in [9.17, 15) is 9.59 Å². The number of thioether (sulfide) groups is 1. The average Bonchev–Trinajstić information content (AvgIpc) is 2.85. The van der Waals surface area contributed by atoms with Crippen LogP contribution >= 0.6 is 56.9 Å². The summed E-state index contributed by atoms with van der Waals surface area (Å²) in [4.78, 5) is 26.5. The van der Waals surface area contributed by atoms with Crippen LogP contribution in [0.2, 0.25) is 0 Å². The second-order valence-corrected chi connectivity index (χ2v) is 8.42. The van der Waals surface area contributed by atoms with Crippen LogP contribution in [-0.2, 0) is 4.79 Å². The molecule has 3 rings (SSSR count). The maximum absolute atomic E-state index is 12.6. The molecule has 4 nitrogen and oxygen atoms in total. The van der Waals surface area contributed by atoms with Gasteiger partial charge in [0.15, 0.2) is 0 Å². The molecule has 7 heteroatoms. The van der Waals surface area contributed by atoms with Crippen molar-refractivity contribution in [2.75, 3.05) is 11.5 Å². The summed E-state index contributed by atoms with van der Waals surface area (Å²) in [6, 6.07) is 12.9. The van der Waals surface area contributed by atoms with Gasteiger partial charge < -0.3 is 4.74 Å². The zero-order valence-electron chi connectivity index (χ0n) is 13.2. The molecule has 0 atom stereocenters. The fourth-order valence-electron chi connectivity index (χ4n) is 2.36. The second kappa shape index (κ2) is 8.09. The average molecular weight is 577 g/mol. The van der Waals surface area contributed by atoms with Crippen molar-refractivity contribution in [2.24, 2.45) is 0 Å². The lowest BCUT2D eigenvalue weighted by atomic mass is 10.2. The van der Waals surface area contributed by atoms with E-state index in [1.807, 2.05) is 25.1 Å². The first kappa shape index (κ1) is 18.7. The third kappa shape index (κ3) is 4.03. The molecule has 0 bridgehead atoms. The number of hydrogen-bond acceptors (Lipinski definition) is 4. The minimum absolute atomic E-state index is 0.280. The lowest BCUT2D eigenvalue weighted by molar-refractivity contribution is -0.113. The molecule has 0 aliphatic carbocycles. The Bertz CT molecular complexity index is 845. The van der Waals surface area contributed by atoms with E-state index in [-0.39, 0.29) is 11.1 Å². The smallest absolute Gasteiger partial charge is 0.298 e. The predicted molar refractivity (Wildman–Crippen MR) is 118 cm³/mol. The number of imide groups is 1. The molecule has 0 saturated carbocycles. The van der Waals surface area contributed by atoms with Crippen molar-refractivity contribution < 1.29 is 14.3 Å². The van der Waals surface area contributed by atoms with Gasteiger partial charge in [-0.25, -0.2) is 4.90 Å². The van der Waals surface area contributed by atoms with Crippen LogP contribution < -0.4 is 9.64 Å². The Hall–Kier alpha value is -1.07. The molecule has 0 spiro atoms. The first-order valence-electron chi connectivity index (χ1n) is 7.46. The normalized spacial score (nSPS) is 16.0. The number of para-hydroxylation sites is 1. The molecule has 0 radical (unpaired) electrons. The largest absolute Gasteiger partial charge is 0.492 e. The second-order valence-electron chi connectivity index (χ2n) is 5.10. The molecule has 25 heavy (non-hydrogen) atoms. The predicted octanol–water partition coefficient (Wildman–Crippen LogP) is 5.54. The van der Waals surface area contributed by atoms with Crippen molar-refractivity contribution in [3.63, 3.8) is 0 Å². The van der Waals surface area contributed by atoms with E-state index in [2.05, 4.69) is 45.2 Å². The molecule has 1 saturated heterocycles. The Labute approximate surface area is 177 Å². The molecule has 128 valence electrons. The molecule has 0 unspecified atom stereocenters. The number of nitrogens with zero attached hydrogens (tertiary/aromatic N) is 1. The topological polar surface area (TPSA) is 46.6 Å². The maximum Gasteiger partial charge on any atom is 0.298 e. The zero-order valence-corrected chi connectivity index (χ0v) is 18.3. The number of hydrogen-bond donors (Lipinski definition) is 0. The van der Waals surface area contributed by atoms with Gasteiger partial charge in [-0.1, -0.05) is 18.2 Å². The molecule has 1 aliphatic heterocycles. The summed E-state index contributed by atoms with van der Waals surface area (Å²) in [6.07, 6.45) is 1.76. The van der Waals surface area contributed by atoms with Crippen LogP contribution in [0, 0.1) is 7.14 Å². The fourth-order valence-corrected chi connectivity index (χ4v) is 5.33. The number of carbonyl (C=O) groups is 2. The molecule has 2 amide bonds. The number of rotatable bonds is 4. The summed E-state index contributed by atoms with van der Waals surface area (Å²) in [5.41, 5.74) is 1.46. The third-order valence-electron chi connectivity index (χ3n) is 3.42. The van der Waals surface area contributed by atoms with Crippen LogP contribution in [0.4, 0.5) is 10.5 Å². The lowest BCUT2D eigenvalue weighted by Crippen LogP contribution is -2.27. The van der Waals surface area contributed by atoms with Gasteiger partial charge in [0, 0.05) is 0 Å². The van der Waals surface area contributed by atoms with E-state index >= 15 is 0 Å². The van der Waals surface area contributed by atoms with Crippen LogP contribution in [0.25, 0.3) is 6.08 Å². The highest BCUT2D eigenvalue weighted by Crippen LogP contribution is 2.37. The van der Waals surface area contributed by atoms with Gasteiger partial charge in [0.2, 0.25) is 0 Å². The van der Waals surface area contributed by atoms with Crippen molar-refractivity contribution in [3.05, 3.63) is 60.1 Å². The molecule has 0 aromatic heterocycles. The number of anilines is 1. The Morgan fingerprint density at radius 2 is 1.76 bits per heavy atom. The molecule has 1 heterocycles. The number of benzene rings is 2. The quantitative estimate of drug-likeness (QED) is 0.354. The third-order valence-corrected chi connectivity index (χ3v) is 5.89. The molecule has 1 fully saturated rings. The molecule has 2 aromatic carbocycles. The minimum atomic E-state index is -0.292. The summed E-state index contributed by atoms with van der Waals surface area (Å²) in [5, 5.41) is -0.280. The number of halogens is 2. The molecule has 0 N–H and O–H groups in total. The highest BCUT2D eigenvalue weighted by molar-refractivity contribution is 14.1. The Balaban J connectivity index is 1.93. The first-order valence-corrected chi connectivity index (χ1v) is 10.4. The standard InChI is InChI=1S/C18H13I2NO3S/c1-2-24-16-13(19)8-11(9-14(16)20)10-15-17(22)21(18(23)25-15)12-6-4-3-5-7-12/h3-10H,2H2,1H3/b15-10-. The monoisotopic (exact) mass is 577 g/mol. The van der Waals surface area contributed by atoms with E-state index in [0.29, 0.717) is 17.2 Å². The van der Waals surface area contributed by atoms with E-state index in [1.54, 1.807) is 30.3 Å². The highest BCUT2D eigenvalue weighted by Gasteiger charge is 2.36. The lowest BCUT2D eigenvalue weighted by Gasteiger charge is -2.11. The Morgan fingerprint density at radius 1 is 1.12 bits per heavy atom. The van der Waals surface area contributed by atoms with Gasteiger partial charge in [0.05, 0.1) is 24.3 Å². The molecular weight excluding hydrogens is 564 g/mol. The first-order chi connectivity index (χ1) is 12.0. The SMILES string of the molecule is CCOc1c(I)cc(/C=C2\SC(=O)N(c3ccccc3)C2=O)cc1I. The number of amides is 2. The molecule has 1 aliphatic rings. The van der Waals surface area contributed by atoms with E-state index in [0.717, 1.165) is 30.2 Å². The maximum atomic E-state index is 12.6. The number of ether oxygens (including phenoxy) is 1. The number of carbonyl (C=O) groups excluding carboxylic acids is 2. The summed E-state index contributed by atoms with van der Waals surface area (Å²) in [7, 11) is 0.